The zero-order chi connectivity index (χ0) is 9.29. The molecule has 4 saturated carbocycles. The molecule has 1 heterocycles. The maximum absolute atomic E-state index is 14.4. The summed E-state index contributed by atoms with van der Waals surface area (Å²) in [6.07, 6.45) is 2.07. The van der Waals surface area contributed by atoms with E-state index in [-0.39, 0.29) is 11.8 Å². The highest BCUT2D eigenvalue weighted by molar-refractivity contribution is 5.25. The first-order valence-electron chi connectivity index (χ1n) is 5.70. The molecule has 5 fully saturated rings. The van der Waals surface area contributed by atoms with Gasteiger partial charge in [0, 0.05) is 24.7 Å². The summed E-state index contributed by atoms with van der Waals surface area (Å²) >= 11 is 0. The first kappa shape index (κ1) is 7.15. The largest absolute Gasteiger partial charge is 0.308 e. The Kier molecular flexibility index (Phi) is 0.800. The van der Waals surface area contributed by atoms with Crippen LogP contribution in [0.15, 0.2) is 0 Å². The van der Waals surface area contributed by atoms with E-state index in [0.29, 0.717) is 36.5 Å². The summed E-state index contributed by atoms with van der Waals surface area (Å²) in [5.41, 5.74) is 0. The lowest BCUT2D eigenvalue weighted by atomic mass is 9.79. The second-order valence-corrected chi connectivity index (χ2v) is 6.03. The molecule has 14 heavy (non-hydrogen) atoms. The number of hydrogen-bond acceptors (Lipinski definition) is 1. The molecule has 0 aromatic carbocycles. The van der Waals surface area contributed by atoms with E-state index >= 15 is 0 Å². The fourth-order valence-corrected chi connectivity index (χ4v) is 5.85. The van der Waals surface area contributed by atoms with Gasteiger partial charge in [0.1, 0.15) is 0 Å². The Morgan fingerprint density at radius 1 is 0.857 bits per heavy atom. The van der Waals surface area contributed by atoms with Crippen LogP contribution < -0.4 is 0 Å². The molecule has 4 aliphatic carbocycles. The van der Waals surface area contributed by atoms with Gasteiger partial charge in [-0.3, -0.25) is 0 Å². The molecule has 0 radical (unpaired) electrons. The van der Waals surface area contributed by atoms with Crippen molar-refractivity contribution in [1.82, 2.24) is 0 Å². The van der Waals surface area contributed by atoms with Crippen LogP contribution in [0.1, 0.15) is 19.3 Å². The molecule has 3 heteroatoms. The van der Waals surface area contributed by atoms with Crippen molar-refractivity contribution in [3.63, 3.8) is 0 Å². The highest BCUT2D eigenvalue weighted by atomic mass is 19.2. The third kappa shape index (κ3) is 0.444. The molecule has 5 aliphatic rings. The Balaban J connectivity index is 1.86. The van der Waals surface area contributed by atoms with Gasteiger partial charge in [0.25, 0.3) is 0 Å². The number of hydrogen-bond donors (Lipinski definition) is 0. The van der Waals surface area contributed by atoms with E-state index in [2.05, 4.69) is 0 Å². The predicted octanol–water partition coefficient (Wildman–Crippen LogP) is 2.27. The van der Waals surface area contributed by atoms with Crippen LogP contribution >= 0.6 is 0 Å². The topological polar surface area (TPSA) is 9.23 Å². The normalized spacial score (nSPS) is 81.0. The van der Waals surface area contributed by atoms with E-state index in [9.17, 15) is 8.78 Å². The minimum atomic E-state index is -1.57. The quantitative estimate of drug-likeness (QED) is 0.580. The summed E-state index contributed by atoms with van der Waals surface area (Å²) in [6, 6.07) is 0. The number of ether oxygens (including phenoxy) is 1. The summed E-state index contributed by atoms with van der Waals surface area (Å²) < 4.78 is 33.9. The Hall–Kier alpha value is -0.180. The predicted molar refractivity (Wildman–Crippen MR) is 43.6 cm³/mol. The van der Waals surface area contributed by atoms with Gasteiger partial charge in [-0.05, 0) is 30.1 Å². The molecule has 2 bridgehead atoms. The average Bonchev–Trinajstić information content (AvgIpc) is 2.69. The SMILES string of the molecule is FC12CC3C4CC(F)(O1)C1C4CC3C12. The maximum Gasteiger partial charge on any atom is 0.216 e. The van der Waals surface area contributed by atoms with Crippen LogP contribution in [0.4, 0.5) is 8.78 Å². The molecule has 1 aliphatic heterocycles. The molecule has 8 unspecified atom stereocenters. The lowest BCUT2D eigenvalue weighted by Crippen LogP contribution is -2.28. The molecular weight excluding hydrogens is 186 g/mol. The van der Waals surface area contributed by atoms with Crippen molar-refractivity contribution in [2.24, 2.45) is 35.5 Å². The fraction of sp³-hybridized carbons (Fsp3) is 1.00. The zero-order valence-corrected chi connectivity index (χ0v) is 7.75. The van der Waals surface area contributed by atoms with Crippen molar-refractivity contribution >= 4 is 0 Å². The zero-order valence-electron chi connectivity index (χ0n) is 7.75. The van der Waals surface area contributed by atoms with Crippen LogP contribution in [0.3, 0.4) is 0 Å². The van der Waals surface area contributed by atoms with Crippen LogP contribution in [-0.2, 0) is 4.74 Å². The van der Waals surface area contributed by atoms with Gasteiger partial charge >= 0.3 is 0 Å². The van der Waals surface area contributed by atoms with E-state index in [1.54, 1.807) is 0 Å². The molecule has 1 nitrogen and oxygen atoms in total. The first-order chi connectivity index (χ1) is 6.62. The molecule has 0 aromatic rings. The molecule has 0 N–H and O–H groups in total. The van der Waals surface area contributed by atoms with Crippen LogP contribution in [0, 0.1) is 35.5 Å². The van der Waals surface area contributed by atoms with Crippen molar-refractivity contribution in [3.05, 3.63) is 0 Å². The second-order valence-electron chi connectivity index (χ2n) is 6.03. The third-order valence-corrected chi connectivity index (χ3v) is 5.87. The molecule has 76 valence electrons. The van der Waals surface area contributed by atoms with Gasteiger partial charge < -0.3 is 4.74 Å². The van der Waals surface area contributed by atoms with Gasteiger partial charge in [-0.1, -0.05) is 0 Å². The molecule has 8 atom stereocenters. The number of fused-ring (bicyclic) bond motifs is 1. The summed E-state index contributed by atoms with van der Waals surface area (Å²) in [6.45, 7) is 0. The van der Waals surface area contributed by atoms with E-state index in [1.807, 2.05) is 0 Å². The highest BCUT2D eigenvalue weighted by Crippen LogP contribution is 2.81. The lowest BCUT2D eigenvalue weighted by Gasteiger charge is -2.23. The van der Waals surface area contributed by atoms with Gasteiger partial charge in [-0.25, -0.2) is 8.78 Å². The molecule has 1 saturated heterocycles. The molecule has 5 rings (SSSR count). The van der Waals surface area contributed by atoms with Crippen LogP contribution in [0.25, 0.3) is 0 Å². The van der Waals surface area contributed by atoms with Crippen LogP contribution in [-0.4, -0.2) is 11.7 Å². The van der Waals surface area contributed by atoms with E-state index in [4.69, 9.17) is 4.74 Å². The summed E-state index contributed by atoms with van der Waals surface area (Å²) in [5.74, 6) is -1.50. The van der Waals surface area contributed by atoms with Gasteiger partial charge in [0.05, 0.1) is 0 Å². The third-order valence-electron chi connectivity index (χ3n) is 5.87. The van der Waals surface area contributed by atoms with Gasteiger partial charge in [0.15, 0.2) is 0 Å². The number of halogens is 2. The van der Waals surface area contributed by atoms with Gasteiger partial charge in [-0.15, -0.1) is 0 Å². The Bertz CT molecular complexity index is 323. The number of rotatable bonds is 0. The Labute approximate surface area is 80.8 Å². The minimum Gasteiger partial charge on any atom is -0.308 e. The Morgan fingerprint density at radius 2 is 1.36 bits per heavy atom. The van der Waals surface area contributed by atoms with Crippen LogP contribution in [0.2, 0.25) is 0 Å². The summed E-state index contributed by atoms with van der Waals surface area (Å²) in [4.78, 5) is 0. The Morgan fingerprint density at radius 3 is 1.86 bits per heavy atom. The average molecular weight is 198 g/mol. The van der Waals surface area contributed by atoms with Gasteiger partial charge in [-0.2, -0.15) is 0 Å². The van der Waals surface area contributed by atoms with Crippen molar-refractivity contribution in [3.8, 4) is 0 Å². The molecular formula is C11H12F2O. The van der Waals surface area contributed by atoms with Crippen molar-refractivity contribution in [2.75, 3.05) is 0 Å². The van der Waals surface area contributed by atoms with Crippen LogP contribution in [0.5, 0.6) is 0 Å². The summed E-state index contributed by atoms with van der Waals surface area (Å²) in [5, 5.41) is 0. The van der Waals surface area contributed by atoms with Crippen molar-refractivity contribution < 1.29 is 13.5 Å². The maximum atomic E-state index is 14.4. The molecule has 0 spiro atoms. The van der Waals surface area contributed by atoms with Gasteiger partial charge in [0.2, 0.25) is 11.7 Å². The first-order valence-corrected chi connectivity index (χ1v) is 5.70. The molecule has 0 amide bonds. The van der Waals surface area contributed by atoms with E-state index in [0.717, 1.165) is 6.42 Å². The minimum absolute atomic E-state index is 0.0822. The second kappa shape index (κ2) is 1.57. The van der Waals surface area contributed by atoms with Crippen molar-refractivity contribution in [2.45, 2.75) is 31.0 Å². The fourth-order valence-electron chi connectivity index (χ4n) is 5.85. The summed E-state index contributed by atoms with van der Waals surface area (Å²) in [7, 11) is 0. The molecule has 0 aromatic heterocycles. The van der Waals surface area contributed by atoms with Crippen molar-refractivity contribution in [1.29, 1.82) is 0 Å². The smallest absolute Gasteiger partial charge is 0.216 e. The lowest BCUT2D eigenvalue weighted by molar-refractivity contribution is -0.230. The highest BCUT2D eigenvalue weighted by Gasteiger charge is 2.84. The van der Waals surface area contributed by atoms with E-state index < -0.39 is 11.7 Å². The monoisotopic (exact) mass is 198 g/mol. The standard InChI is InChI=1S/C11H12F2O/c12-10-2-6-4-1-5-7(6)3-11(13,14-10)9(5)8(4)10/h4-9H,1-3H2. The van der Waals surface area contributed by atoms with E-state index in [1.165, 1.54) is 0 Å². The number of alkyl halides is 2.